The van der Waals surface area contributed by atoms with Crippen LogP contribution in [0.1, 0.15) is 37.7 Å². The van der Waals surface area contributed by atoms with Crippen molar-refractivity contribution in [3.63, 3.8) is 0 Å². The number of imidazole rings is 1. The number of anilines is 1. The smallest absolute Gasteiger partial charge is 0.138 e. The van der Waals surface area contributed by atoms with Gasteiger partial charge in [-0.2, -0.15) is 0 Å². The van der Waals surface area contributed by atoms with Gasteiger partial charge in [0, 0.05) is 34.0 Å². The van der Waals surface area contributed by atoms with Gasteiger partial charge in [0.2, 0.25) is 0 Å². The van der Waals surface area contributed by atoms with Gasteiger partial charge in [-0.1, -0.05) is 0 Å². The Morgan fingerprint density at radius 1 is 1.45 bits per heavy atom. The summed E-state index contributed by atoms with van der Waals surface area (Å²) >= 11 is 0. The molecule has 1 fully saturated rings. The van der Waals surface area contributed by atoms with E-state index >= 15 is 0 Å². The Hall–Kier alpha value is -1.40. The monoisotopic (exact) mass is 293 g/mol. The first-order valence-corrected chi connectivity index (χ1v) is 8.35. The number of aliphatic hydroxyl groups is 1. The maximum absolute atomic E-state index is 11.5. The van der Waals surface area contributed by atoms with Crippen LogP contribution in [0.2, 0.25) is 0 Å². The first-order valence-electron chi connectivity index (χ1n) is 6.86. The fourth-order valence-electron chi connectivity index (χ4n) is 2.85. The molecule has 1 aliphatic heterocycles. The fraction of sp³-hybridized carbons (Fsp3) is 0.500. The molecule has 1 aromatic heterocycles. The molecule has 0 bridgehead atoms. The van der Waals surface area contributed by atoms with Gasteiger partial charge in [0.15, 0.2) is 0 Å². The second kappa shape index (κ2) is 5.18. The van der Waals surface area contributed by atoms with Crippen LogP contribution in [0, 0.1) is 0 Å². The van der Waals surface area contributed by atoms with Crippen molar-refractivity contribution in [2.45, 2.75) is 31.9 Å². The third-order valence-electron chi connectivity index (χ3n) is 3.84. The maximum Gasteiger partial charge on any atom is 0.138 e. The highest BCUT2D eigenvalue weighted by atomic mass is 32.2. The lowest BCUT2D eigenvalue weighted by Gasteiger charge is -2.26. The molecule has 0 amide bonds. The molecule has 2 aromatic rings. The Bertz CT molecular complexity index is 656. The third kappa shape index (κ3) is 2.33. The summed E-state index contributed by atoms with van der Waals surface area (Å²) < 4.78 is 13.6. The third-order valence-corrected chi connectivity index (χ3v) is 5.22. The number of fused-ring (bicyclic) bond motifs is 1. The predicted molar refractivity (Wildman–Crippen MR) is 80.9 cm³/mol. The quantitative estimate of drug-likeness (QED) is 0.827. The number of nitrogens with zero attached hydrogens (tertiary/aromatic N) is 2. The zero-order valence-electron chi connectivity index (χ0n) is 11.5. The van der Waals surface area contributed by atoms with E-state index in [1.165, 1.54) is 0 Å². The number of aromatic nitrogens is 2. The zero-order chi connectivity index (χ0) is 14.3. The highest BCUT2D eigenvalue weighted by molar-refractivity contribution is 7.85. The predicted octanol–water partition coefficient (Wildman–Crippen LogP) is 1.76. The van der Waals surface area contributed by atoms with E-state index in [4.69, 9.17) is 5.73 Å². The summed E-state index contributed by atoms with van der Waals surface area (Å²) in [6.07, 6.45) is 1.10. The molecule has 6 heteroatoms. The van der Waals surface area contributed by atoms with Gasteiger partial charge < -0.3 is 15.4 Å². The summed E-state index contributed by atoms with van der Waals surface area (Å²) in [5.74, 6) is 2.11. The van der Waals surface area contributed by atoms with E-state index in [2.05, 4.69) is 9.55 Å². The van der Waals surface area contributed by atoms with Crippen LogP contribution in [0.4, 0.5) is 5.69 Å². The topological polar surface area (TPSA) is 81.1 Å². The molecule has 0 aliphatic carbocycles. The van der Waals surface area contributed by atoms with Crippen molar-refractivity contribution >= 4 is 27.5 Å². The first-order chi connectivity index (χ1) is 9.56. The molecule has 5 nitrogen and oxygen atoms in total. The summed E-state index contributed by atoms with van der Waals surface area (Å²) in [6, 6.07) is 5.90. The molecule has 3 rings (SSSR count). The van der Waals surface area contributed by atoms with Crippen molar-refractivity contribution < 1.29 is 9.32 Å². The van der Waals surface area contributed by atoms with E-state index in [9.17, 15) is 9.32 Å². The summed E-state index contributed by atoms with van der Waals surface area (Å²) in [7, 11) is -0.693. The van der Waals surface area contributed by atoms with Gasteiger partial charge in [-0.05, 0) is 38.0 Å². The molecule has 1 atom stereocenters. The molecule has 2 heterocycles. The van der Waals surface area contributed by atoms with Crippen LogP contribution in [0.25, 0.3) is 11.0 Å². The zero-order valence-corrected chi connectivity index (χ0v) is 12.3. The average molecular weight is 293 g/mol. The van der Waals surface area contributed by atoms with Crippen LogP contribution in [-0.2, 0) is 10.8 Å². The lowest BCUT2D eigenvalue weighted by atomic mass is 10.1. The Morgan fingerprint density at radius 3 is 2.80 bits per heavy atom. The SMILES string of the molecule is CC(O)c1nc2cc(N)ccc2n1C1CCS(=O)CC1. The molecule has 1 unspecified atom stereocenters. The van der Waals surface area contributed by atoms with Gasteiger partial charge >= 0.3 is 0 Å². The number of nitrogen functional groups attached to an aromatic ring is 1. The van der Waals surface area contributed by atoms with Crippen LogP contribution in [0.15, 0.2) is 18.2 Å². The second-order valence-corrected chi connectivity index (χ2v) is 7.04. The molecular formula is C14H19N3O2S. The standard InChI is InChI=1S/C14H19N3O2S/c1-9(18)14-16-12-8-10(15)2-3-13(12)17(14)11-4-6-20(19)7-5-11/h2-3,8-9,11,18H,4-7,15H2,1H3. The van der Waals surface area contributed by atoms with Crippen molar-refractivity contribution in [1.82, 2.24) is 9.55 Å². The Labute approximate surface area is 120 Å². The fourth-order valence-corrected chi connectivity index (χ4v) is 4.13. The molecular weight excluding hydrogens is 274 g/mol. The minimum absolute atomic E-state index is 0.255. The Balaban J connectivity index is 2.11. The largest absolute Gasteiger partial charge is 0.399 e. The van der Waals surface area contributed by atoms with Crippen LogP contribution in [-0.4, -0.2) is 30.4 Å². The summed E-state index contributed by atoms with van der Waals surface area (Å²) in [4.78, 5) is 4.52. The van der Waals surface area contributed by atoms with Crippen LogP contribution in [0.3, 0.4) is 0 Å². The van der Waals surface area contributed by atoms with Crippen molar-refractivity contribution in [1.29, 1.82) is 0 Å². The van der Waals surface area contributed by atoms with E-state index in [0.29, 0.717) is 11.5 Å². The lowest BCUT2D eigenvalue weighted by molar-refractivity contribution is 0.180. The summed E-state index contributed by atoms with van der Waals surface area (Å²) in [5, 5.41) is 9.98. The number of benzene rings is 1. The van der Waals surface area contributed by atoms with E-state index in [1.807, 2.05) is 18.2 Å². The lowest BCUT2D eigenvalue weighted by Crippen LogP contribution is -2.23. The van der Waals surface area contributed by atoms with Crippen molar-refractivity contribution in [2.75, 3.05) is 17.2 Å². The van der Waals surface area contributed by atoms with Crippen molar-refractivity contribution in [3.05, 3.63) is 24.0 Å². The average Bonchev–Trinajstić information content (AvgIpc) is 2.78. The number of hydrogen-bond acceptors (Lipinski definition) is 4. The van der Waals surface area contributed by atoms with E-state index in [1.54, 1.807) is 6.92 Å². The molecule has 0 radical (unpaired) electrons. The van der Waals surface area contributed by atoms with Crippen molar-refractivity contribution in [2.24, 2.45) is 0 Å². The molecule has 1 aromatic carbocycles. The summed E-state index contributed by atoms with van der Waals surface area (Å²) in [5.41, 5.74) is 8.28. The van der Waals surface area contributed by atoms with E-state index in [-0.39, 0.29) is 6.04 Å². The highest BCUT2D eigenvalue weighted by Crippen LogP contribution is 2.31. The van der Waals surface area contributed by atoms with Gasteiger partial charge in [-0.3, -0.25) is 4.21 Å². The van der Waals surface area contributed by atoms with Gasteiger partial charge in [0.1, 0.15) is 11.9 Å². The molecule has 0 saturated carbocycles. The minimum atomic E-state index is -0.693. The molecule has 20 heavy (non-hydrogen) atoms. The second-order valence-electron chi connectivity index (χ2n) is 5.34. The number of aliphatic hydroxyl groups excluding tert-OH is 1. The van der Waals surface area contributed by atoms with Gasteiger partial charge in [-0.15, -0.1) is 0 Å². The van der Waals surface area contributed by atoms with Crippen LogP contribution < -0.4 is 5.73 Å². The molecule has 1 saturated heterocycles. The first kappa shape index (κ1) is 13.6. The maximum atomic E-state index is 11.5. The normalized spacial score (nSPS) is 24.9. The Morgan fingerprint density at radius 2 is 2.15 bits per heavy atom. The molecule has 1 aliphatic rings. The number of nitrogens with two attached hydrogens (primary N) is 1. The van der Waals surface area contributed by atoms with Gasteiger partial charge in [0.05, 0.1) is 11.0 Å². The number of rotatable bonds is 2. The molecule has 108 valence electrons. The van der Waals surface area contributed by atoms with Gasteiger partial charge in [-0.25, -0.2) is 4.98 Å². The Kier molecular flexibility index (Phi) is 3.52. The van der Waals surface area contributed by atoms with Crippen molar-refractivity contribution in [3.8, 4) is 0 Å². The highest BCUT2D eigenvalue weighted by Gasteiger charge is 2.25. The summed E-state index contributed by atoms with van der Waals surface area (Å²) in [6.45, 7) is 1.72. The van der Waals surface area contributed by atoms with Gasteiger partial charge in [0.25, 0.3) is 0 Å². The van der Waals surface area contributed by atoms with E-state index < -0.39 is 16.9 Å². The number of hydrogen-bond donors (Lipinski definition) is 2. The van der Waals surface area contributed by atoms with E-state index in [0.717, 1.165) is 35.4 Å². The van der Waals surface area contributed by atoms with Crippen LogP contribution in [0.5, 0.6) is 0 Å². The molecule has 3 N–H and O–H groups in total. The van der Waals surface area contributed by atoms with Crippen LogP contribution >= 0.6 is 0 Å². The minimum Gasteiger partial charge on any atom is -0.399 e. The molecule has 0 spiro atoms.